The van der Waals surface area contributed by atoms with Crippen LogP contribution in [-0.4, -0.2) is 22.8 Å². The molecule has 0 fully saturated rings. The molecule has 2 aromatic rings. The molecule has 4 heteroatoms. The largest absolute Gasteiger partial charge is 0.465 e. The third-order valence-corrected chi connectivity index (χ3v) is 2.55. The fourth-order valence-corrected chi connectivity index (χ4v) is 1.66. The number of hydrogen-bond donors (Lipinski definition) is 1. The number of fused-ring (bicyclic) bond motifs is 1. The summed E-state index contributed by atoms with van der Waals surface area (Å²) in [4.78, 5) is 11.1. The molecule has 1 N–H and O–H groups in total. The average molecular weight is 242 g/mol. The Morgan fingerprint density at radius 2 is 2.33 bits per heavy atom. The molecule has 0 saturated heterocycles. The highest BCUT2D eigenvalue weighted by Gasteiger charge is 2.01. The van der Waals surface area contributed by atoms with Crippen LogP contribution in [0.15, 0.2) is 18.3 Å². The number of benzene rings is 1. The topological polar surface area (TPSA) is 55.0 Å². The van der Waals surface area contributed by atoms with Gasteiger partial charge in [-0.05, 0) is 31.5 Å². The molecule has 92 valence electrons. The molecule has 1 heterocycles. The molecule has 0 aliphatic heterocycles. The van der Waals surface area contributed by atoms with Crippen LogP contribution in [0.1, 0.15) is 24.5 Å². The molecule has 0 atom stereocenters. The van der Waals surface area contributed by atoms with Crippen molar-refractivity contribution in [2.75, 3.05) is 6.61 Å². The summed E-state index contributed by atoms with van der Waals surface area (Å²) in [5.74, 6) is 5.54. The highest BCUT2D eigenvalue weighted by atomic mass is 16.5. The number of nitrogens with zero attached hydrogens (tertiary/aromatic N) is 1. The van der Waals surface area contributed by atoms with Crippen LogP contribution >= 0.6 is 0 Å². The van der Waals surface area contributed by atoms with Gasteiger partial charge in [0.25, 0.3) is 0 Å². The van der Waals surface area contributed by atoms with Gasteiger partial charge in [0.05, 0.1) is 18.3 Å². The van der Waals surface area contributed by atoms with Crippen LogP contribution in [0.5, 0.6) is 0 Å². The van der Waals surface area contributed by atoms with Gasteiger partial charge in [-0.3, -0.25) is 9.89 Å². The first-order valence-electron chi connectivity index (χ1n) is 5.79. The summed E-state index contributed by atoms with van der Waals surface area (Å²) >= 11 is 0. The van der Waals surface area contributed by atoms with Crippen molar-refractivity contribution in [2.45, 2.75) is 20.3 Å². The summed E-state index contributed by atoms with van der Waals surface area (Å²) in [6.45, 7) is 4.15. The van der Waals surface area contributed by atoms with Crippen molar-refractivity contribution >= 4 is 16.9 Å². The molecule has 0 aliphatic carbocycles. The molecule has 0 amide bonds. The van der Waals surface area contributed by atoms with E-state index in [-0.39, 0.29) is 12.4 Å². The lowest BCUT2D eigenvalue weighted by molar-refractivity contribution is -0.141. The van der Waals surface area contributed by atoms with Crippen molar-refractivity contribution in [3.05, 3.63) is 29.5 Å². The van der Waals surface area contributed by atoms with E-state index >= 15 is 0 Å². The van der Waals surface area contributed by atoms with Crippen molar-refractivity contribution in [3.63, 3.8) is 0 Å². The Morgan fingerprint density at radius 3 is 3.11 bits per heavy atom. The molecule has 0 radical (unpaired) electrons. The zero-order chi connectivity index (χ0) is 13.0. The number of rotatable bonds is 2. The van der Waals surface area contributed by atoms with Crippen LogP contribution in [0.25, 0.3) is 10.9 Å². The van der Waals surface area contributed by atoms with Crippen LogP contribution in [0, 0.1) is 18.8 Å². The zero-order valence-electron chi connectivity index (χ0n) is 10.4. The molecule has 0 bridgehead atoms. The number of carbonyl (C=O) groups excluding carboxylic acids is 1. The third kappa shape index (κ3) is 2.69. The molecular weight excluding hydrogens is 228 g/mol. The Hall–Kier alpha value is -2.28. The summed E-state index contributed by atoms with van der Waals surface area (Å²) in [5, 5.41) is 7.89. The van der Waals surface area contributed by atoms with E-state index < -0.39 is 0 Å². The van der Waals surface area contributed by atoms with Gasteiger partial charge in [0.1, 0.15) is 6.42 Å². The van der Waals surface area contributed by atoms with Crippen molar-refractivity contribution < 1.29 is 9.53 Å². The molecule has 0 saturated carbocycles. The van der Waals surface area contributed by atoms with Gasteiger partial charge in [0, 0.05) is 10.9 Å². The van der Waals surface area contributed by atoms with Crippen molar-refractivity contribution in [1.29, 1.82) is 0 Å². The minimum absolute atomic E-state index is 0.122. The van der Waals surface area contributed by atoms with Crippen molar-refractivity contribution in [2.24, 2.45) is 0 Å². The summed E-state index contributed by atoms with van der Waals surface area (Å²) < 4.78 is 4.81. The van der Waals surface area contributed by atoms with Gasteiger partial charge in [-0.15, -0.1) is 0 Å². The molecule has 1 aromatic heterocycles. The number of hydrogen-bond acceptors (Lipinski definition) is 3. The Bertz CT molecular complexity index is 632. The summed E-state index contributed by atoms with van der Waals surface area (Å²) in [6.07, 6.45) is 1.88. The van der Waals surface area contributed by atoms with Crippen LogP contribution in [0.3, 0.4) is 0 Å². The summed E-state index contributed by atoms with van der Waals surface area (Å²) in [5.41, 5.74) is 2.96. The normalized spacial score (nSPS) is 9.89. The molecule has 0 unspecified atom stereocenters. The third-order valence-electron chi connectivity index (χ3n) is 2.55. The van der Waals surface area contributed by atoms with Gasteiger partial charge in [-0.1, -0.05) is 11.8 Å². The lowest BCUT2D eigenvalue weighted by atomic mass is 10.1. The molecule has 0 aliphatic rings. The highest BCUT2D eigenvalue weighted by molar-refractivity contribution is 5.81. The van der Waals surface area contributed by atoms with Crippen molar-refractivity contribution in [3.8, 4) is 11.8 Å². The second kappa shape index (κ2) is 5.37. The Kier molecular flexibility index (Phi) is 3.63. The number of H-pyrrole nitrogens is 1. The van der Waals surface area contributed by atoms with Gasteiger partial charge in [-0.25, -0.2) is 0 Å². The van der Waals surface area contributed by atoms with Gasteiger partial charge in [0.2, 0.25) is 0 Å². The predicted octanol–water partition coefficient (Wildman–Crippen LogP) is 2.18. The minimum atomic E-state index is -0.285. The Balaban J connectivity index is 2.18. The second-order valence-electron chi connectivity index (χ2n) is 3.91. The smallest absolute Gasteiger partial charge is 0.317 e. The molecule has 4 nitrogen and oxygen atoms in total. The zero-order valence-corrected chi connectivity index (χ0v) is 10.4. The maximum absolute atomic E-state index is 11.1. The van der Waals surface area contributed by atoms with E-state index in [1.165, 1.54) is 0 Å². The molecule has 2 rings (SSSR count). The monoisotopic (exact) mass is 242 g/mol. The van der Waals surface area contributed by atoms with Crippen LogP contribution in [-0.2, 0) is 9.53 Å². The first kappa shape index (κ1) is 12.2. The van der Waals surface area contributed by atoms with Gasteiger partial charge >= 0.3 is 5.97 Å². The standard InChI is InChI=1S/C14H14N2O2/c1-3-18-14(17)6-4-5-11-8-12-9-15-16-13(12)7-10(11)2/h7-9H,3,6H2,1-2H3,(H,15,16). The molecule has 18 heavy (non-hydrogen) atoms. The van der Waals surface area contributed by atoms with Crippen LogP contribution in [0.2, 0.25) is 0 Å². The first-order chi connectivity index (χ1) is 8.70. The van der Waals surface area contributed by atoms with Gasteiger partial charge in [0.15, 0.2) is 0 Å². The van der Waals surface area contributed by atoms with E-state index in [0.29, 0.717) is 6.61 Å². The number of aromatic nitrogens is 2. The lowest BCUT2D eigenvalue weighted by Gasteiger charge is -1.98. The first-order valence-corrected chi connectivity index (χ1v) is 5.79. The Labute approximate surface area is 105 Å². The SMILES string of the molecule is CCOC(=O)CC#Cc1cc2cn[nH]c2cc1C. The maximum atomic E-state index is 11.1. The van der Waals surface area contributed by atoms with Crippen LogP contribution < -0.4 is 0 Å². The van der Waals surface area contributed by atoms with Gasteiger partial charge < -0.3 is 4.74 Å². The number of ether oxygens (including phenoxy) is 1. The van der Waals surface area contributed by atoms with E-state index in [2.05, 4.69) is 22.0 Å². The lowest BCUT2D eigenvalue weighted by Crippen LogP contribution is -2.01. The van der Waals surface area contributed by atoms with E-state index in [1.54, 1.807) is 13.1 Å². The van der Waals surface area contributed by atoms with E-state index in [1.807, 2.05) is 19.1 Å². The van der Waals surface area contributed by atoms with E-state index in [9.17, 15) is 4.79 Å². The van der Waals surface area contributed by atoms with Crippen molar-refractivity contribution in [1.82, 2.24) is 10.2 Å². The molecule has 0 spiro atoms. The highest BCUT2D eigenvalue weighted by Crippen LogP contribution is 2.16. The summed E-state index contributed by atoms with van der Waals surface area (Å²) in [7, 11) is 0. The van der Waals surface area contributed by atoms with Crippen LogP contribution in [0.4, 0.5) is 0 Å². The number of carbonyl (C=O) groups is 1. The number of aromatic amines is 1. The fraction of sp³-hybridized carbons (Fsp3) is 0.286. The number of aryl methyl sites for hydroxylation is 1. The average Bonchev–Trinajstić information content (AvgIpc) is 2.76. The quantitative estimate of drug-likeness (QED) is 0.648. The van der Waals surface area contributed by atoms with E-state index in [4.69, 9.17) is 4.74 Å². The van der Waals surface area contributed by atoms with Gasteiger partial charge in [-0.2, -0.15) is 5.10 Å². The summed E-state index contributed by atoms with van der Waals surface area (Å²) in [6, 6.07) is 3.96. The predicted molar refractivity (Wildman–Crippen MR) is 69.0 cm³/mol. The Morgan fingerprint density at radius 1 is 1.50 bits per heavy atom. The fourth-order valence-electron chi connectivity index (χ4n) is 1.66. The number of nitrogens with one attached hydrogen (secondary N) is 1. The second-order valence-corrected chi connectivity index (χ2v) is 3.91. The minimum Gasteiger partial charge on any atom is -0.465 e. The number of esters is 1. The molecule has 1 aromatic carbocycles. The van der Waals surface area contributed by atoms with E-state index in [0.717, 1.165) is 22.0 Å². The maximum Gasteiger partial charge on any atom is 0.317 e. The molecular formula is C14H14N2O2.